The number of hydrogen-bond donors (Lipinski definition) is 0. The van der Waals surface area contributed by atoms with E-state index in [1.807, 2.05) is 29.2 Å². The van der Waals surface area contributed by atoms with Gasteiger partial charge in [0.15, 0.2) is 0 Å². The van der Waals surface area contributed by atoms with Crippen molar-refractivity contribution in [3.05, 3.63) is 33.4 Å². The van der Waals surface area contributed by atoms with Crippen molar-refractivity contribution in [1.29, 1.82) is 0 Å². The highest BCUT2D eigenvalue weighted by molar-refractivity contribution is 14.1. The molecule has 1 aliphatic heterocycles. The Morgan fingerprint density at radius 2 is 2.16 bits per heavy atom. The predicted octanol–water partition coefficient (Wildman–Crippen LogP) is 3.07. The maximum atomic E-state index is 12.7. The van der Waals surface area contributed by atoms with Crippen molar-refractivity contribution in [3.8, 4) is 0 Å². The van der Waals surface area contributed by atoms with E-state index in [2.05, 4.69) is 22.6 Å². The summed E-state index contributed by atoms with van der Waals surface area (Å²) in [4.78, 5) is 14.7. The molecule has 0 spiro atoms. The minimum Gasteiger partial charge on any atom is -0.374 e. The van der Waals surface area contributed by atoms with Crippen LogP contribution in [0.3, 0.4) is 0 Å². The molecule has 2 aliphatic rings. The Balaban J connectivity index is 1.82. The third kappa shape index (κ3) is 2.79. The van der Waals surface area contributed by atoms with E-state index in [0.717, 1.165) is 28.5 Å². The number of carbonyl (C=O) groups excluding carboxylic acids is 1. The van der Waals surface area contributed by atoms with Gasteiger partial charge in [0, 0.05) is 15.7 Å². The topological polar surface area (TPSA) is 29.5 Å². The maximum Gasteiger partial charge on any atom is 0.254 e. The molecule has 19 heavy (non-hydrogen) atoms. The number of carbonyl (C=O) groups is 1. The lowest BCUT2D eigenvalue weighted by Crippen LogP contribution is -2.54. The number of morpholine rings is 1. The number of ether oxygens (including phenoxy) is 1. The van der Waals surface area contributed by atoms with Crippen LogP contribution in [0.25, 0.3) is 0 Å². The summed E-state index contributed by atoms with van der Waals surface area (Å²) in [6.45, 7) is 1.41. The molecule has 1 aromatic rings. The summed E-state index contributed by atoms with van der Waals surface area (Å²) in [7, 11) is 0. The quantitative estimate of drug-likeness (QED) is 0.711. The van der Waals surface area contributed by atoms with Crippen molar-refractivity contribution in [2.24, 2.45) is 0 Å². The summed E-state index contributed by atoms with van der Waals surface area (Å²) in [5.41, 5.74) is 0.804. The first-order valence-electron chi connectivity index (χ1n) is 6.94. The van der Waals surface area contributed by atoms with E-state index in [1.165, 1.54) is 12.8 Å². The molecule has 3 rings (SSSR count). The molecule has 0 N–H and O–H groups in total. The van der Waals surface area contributed by atoms with Crippen molar-refractivity contribution < 1.29 is 9.53 Å². The summed E-state index contributed by atoms with van der Waals surface area (Å²) in [5.74, 6) is 0.165. The minimum absolute atomic E-state index is 0.165. The normalized spacial score (nSPS) is 26.9. The van der Waals surface area contributed by atoms with Crippen molar-refractivity contribution in [1.82, 2.24) is 4.90 Å². The van der Waals surface area contributed by atoms with Gasteiger partial charge in [0.1, 0.15) is 0 Å². The zero-order valence-corrected chi connectivity index (χ0v) is 13.0. The Morgan fingerprint density at radius 3 is 3.00 bits per heavy atom. The predicted molar refractivity (Wildman–Crippen MR) is 82.2 cm³/mol. The number of nitrogens with zero attached hydrogens (tertiary/aromatic N) is 1. The number of hydrogen-bond acceptors (Lipinski definition) is 2. The lowest BCUT2D eigenvalue weighted by Gasteiger charge is -2.43. The lowest BCUT2D eigenvalue weighted by molar-refractivity contribution is -0.0752. The van der Waals surface area contributed by atoms with Gasteiger partial charge < -0.3 is 9.64 Å². The second kappa shape index (κ2) is 5.79. The van der Waals surface area contributed by atoms with Crippen LogP contribution >= 0.6 is 22.6 Å². The molecule has 0 aromatic heterocycles. The molecule has 1 saturated heterocycles. The van der Waals surface area contributed by atoms with E-state index < -0.39 is 0 Å². The van der Waals surface area contributed by atoms with Gasteiger partial charge in [-0.3, -0.25) is 4.79 Å². The molecule has 3 nitrogen and oxygen atoms in total. The highest BCUT2D eigenvalue weighted by Crippen LogP contribution is 2.29. The monoisotopic (exact) mass is 371 g/mol. The van der Waals surface area contributed by atoms with Crippen LogP contribution in [0.15, 0.2) is 24.3 Å². The first kappa shape index (κ1) is 13.4. The number of benzene rings is 1. The summed E-state index contributed by atoms with van der Waals surface area (Å²) in [5, 5.41) is 0. The largest absolute Gasteiger partial charge is 0.374 e. The molecule has 1 aromatic carbocycles. The van der Waals surface area contributed by atoms with E-state index in [4.69, 9.17) is 4.74 Å². The Labute approximate surface area is 127 Å². The molecule has 1 aliphatic carbocycles. The number of rotatable bonds is 1. The third-order valence-corrected chi connectivity index (χ3v) is 4.74. The van der Waals surface area contributed by atoms with Gasteiger partial charge in [0.2, 0.25) is 0 Å². The van der Waals surface area contributed by atoms with Gasteiger partial charge in [-0.1, -0.05) is 18.9 Å². The summed E-state index contributed by atoms with van der Waals surface area (Å²) < 4.78 is 6.93. The molecular weight excluding hydrogens is 353 g/mol. The van der Waals surface area contributed by atoms with Crippen LogP contribution in [-0.4, -0.2) is 36.1 Å². The van der Waals surface area contributed by atoms with E-state index >= 15 is 0 Å². The van der Waals surface area contributed by atoms with Crippen LogP contribution in [0.4, 0.5) is 0 Å². The molecule has 0 radical (unpaired) electrons. The van der Waals surface area contributed by atoms with Gasteiger partial charge in [-0.2, -0.15) is 0 Å². The first-order valence-corrected chi connectivity index (χ1v) is 8.02. The van der Waals surface area contributed by atoms with Crippen LogP contribution in [0, 0.1) is 3.57 Å². The van der Waals surface area contributed by atoms with Crippen LogP contribution in [0.1, 0.15) is 36.0 Å². The van der Waals surface area contributed by atoms with E-state index in [1.54, 1.807) is 0 Å². The highest BCUT2D eigenvalue weighted by atomic mass is 127. The van der Waals surface area contributed by atoms with Crippen molar-refractivity contribution >= 4 is 28.5 Å². The fourth-order valence-electron chi connectivity index (χ4n) is 3.14. The first-order chi connectivity index (χ1) is 9.25. The Morgan fingerprint density at radius 1 is 1.32 bits per heavy atom. The van der Waals surface area contributed by atoms with Crippen LogP contribution in [0.2, 0.25) is 0 Å². The van der Waals surface area contributed by atoms with Crippen molar-refractivity contribution in [2.45, 2.75) is 37.8 Å². The van der Waals surface area contributed by atoms with E-state index in [0.29, 0.717) is 6.61 Å². The Bertz CT molecular complexity index is 475. The molecule has 1 saturated carbocycles. The van der Waals surface area contributed by atoms with Crippen molar-refractivity contribution in [2.75, 3.05) is 13.2 Å². The molecular formula is C15H18INO2. The summed E-state index contributed by atoms with van der Waals surface area (Å²) >= 11 is 2.25. The van der Waals surface area contributed by atoms with Crippen LogP contribution in [0.5, 0.6) is 0 Å². The SMILES string of the molecule is O=C(c1cccc(I)c1)N1CCOC2CCCCC21. The minimum atomic E-state index is 0.165. The van der Waals surface area contributed by atoms with Gasteiger partial charge in [-0.15, -0.1) is 0 Å². The molecule has 0 bridgehead atoms. The summed E-state index contributed by atoms with van der Waals surface area (Å²) in [6.07, 6.45) is 4.88. The average Bonchev–Trinajstić information content (AvgIpc) is 2.46. The average molecular weight is 371 g/mol. The van der Waals surface area contributed by atoms with Crippen LogP contribution < -0.4 is 0 Å². The maximum absolute atomic E-state index is 12.7. The molecule has 1 heterocycles. The molecule has 2 fully saturated rings. The van der Waals surface area contributed by atoms with Gasteiger partial charge >= 0.3 is 0 Å². The standard InChI is InChI=1S/C15H18INO2/c16-12-5-3-4-11(10-12)15(18)17-8-9-19-14-7-2-1-6-13(14)17/h3-5,10,13-14H,1-2,6-9H2. The molecule has 4 heteroatoms. The Kier molecular flexibility index (Phi) is 4.07. The smallest absolute Gasteiger partial charge is 0.254 e. The zero-order valence-electron chi connectivity index (χ0n) is 10.8. The number of amides is 1. The second-order valence-corrected chi connectivity index (χ2v) is 6.52. The van der Waals surface area contributed by atoms with Gasteiger partial charge in [0.05, 0.1) is 18.8 Å². The highest BCUT2D eigenvalue weighted by Gasteiger charge is 2.36. The fourth-order valence-corrected chi connectivity index (χ4v) is 3.68. The zero-order chi connectivity index (χ0) is 13.2. The van der Waals surface area contributed by atoms with E-state index in [-0.39, 0.29) is 18.1 Å². The number of halogens is 1. The van der Waals surface area contributed by atoms with Crippen LogP contribution in [-0.2, 0) is 4.74 Å². The summed E-state index contributed by atoms with van der Waals surface area (Å²) in [6, 6.07) is 8.13. The van der Waals surface area contributed by atoms with Gasteiger partial charge in [-0.05, 0) is 53.6 Å². The van der Waals surface area contributed by atoms with Crippen molar-refractivity contribution in [3.63, 3.8) is 0 Å². The van der Waals surface area contributed by atoms with Gasteiger partial charge in [0.25, 0.3) is 5.91 Å². The molecule has 2 atom stereocenters. The Hall–Kier alpha value is -0.620. The lowest BCUT2D eigenvalue weighted by atomic mass is 9.89. The third-order valence-electron chi connectivity index (χ3n) is 4.06. The van der Waals surface area contributed by atoms with Gasteiger partial charge in [-0.25, -0.2) is 0 Å². The fraction of sp³-hybridized carbons (Fsp3) is 0.533. The van der Waals surface area contributed by atoms with E-state index in [9.17, 15) is 4.79 Å². The number of fused-ring (bicyclic) bond motifs is 1. The molecule has 2 unspecified atom stereocenters. The molecule has 102 valence electrons. The second-order valence-electron chi connectivity index (χ2n) is 5.27. The molecule has 1 amide bonds.